The Balaban J connectivity index is 2.09. The summed E-state index contributed by atoms with van der Waals surface area (Å²) in [4.78, 5) is 12.4. The summed E-state index contributed by atoms with van der Waals surface area (Å²) in [5.74, 6) is 0.590. The van der Waals surface area contributed by atoms with E-state index in [1.54, 1.807) is 7.11 Å². The number of methoxy groups -OCH3 is 1. The van der Waals surface area contributed by atoms with E-state index in [0.29, 0.717) is 12.3 Å². The molecule has 0 radical (unpaired) electrons. The quantitative estimate of drug-likeness (QED) is 0.789. The Morgan fingerprint density at radius 3 is 2.10 bits per heavy atom. The highest BCUT2D eigenvalue weighted by atomic mass is 16.5. The van der Waals surface area contributed by atoms with Crippen LogP contribution in [-0.4, -0.2) is 12.9 Å². The first-order valence-corrected chi connectivity index (χ1v) is 7.31. The summed E-state index contributed by atoms with van der Waals surface area (Å²) < 4.78 is 5.38. The Morgan fingerprint density at radius 2 is 1.57 bits per heavy atom. The van der Waals surface area contributed by atoms with Crippen LogP contribution in [0.4, 0.5) is 0 Å². The zero-order valence-corrected chi connectivity index (χ0v) is 12.9. The maximum absolute atomic E-state index is 12.4. The van der Waals surface area contributed by atoms with Crippen LogP contribution in [0.15, 0.2) is 54.6 Å². The molecule has 0 aliphatic heterocycles. The van der Waals surface area contributed by atoms with Gasteiger partial charge in [-0.15, -0.1) is 0 Å². The lowest BCUT2D eigenvalue weighted by Gasteiger charge is -2.15. The zero-order valence-electron chi connectivity index (χ0n) is 12.9. The molecule has 0 saturated heterocycles. The molecule has 2 heteroatoms. The van der Waals surface area contributed by atoms with Crippen molar-refractivity contribution in [2.45, 2.75) is 32.3 Å². The van der Waals surface area contributed by atoms with Crippen LogP contribution in [0.3, 0.4) is 0 Å². The van der Waals surface area contributed by atoms with Crippen LogP contribution in [0.2, 0.25) is 0 Å². The summed E-state index contributed by atoms with van der Waals surface area (Å²) in [6, 6.07) is 17.9. The van der Waals surface area contributed by atoms with Crippen molar-refractivity contribution in [1.29, 1.82) is 0 Å². The van der Waals surface area contributed by atoms with Crippen LogP contribution in [0.25, 0.3) is 0 Å². The van der Waals surface area contributed by atoms with Gasteiger partial charge in [-0.2, -0.15) is 0 Å². The van der Waals surface area contributed by atoms with Crippen LogP contribution in [0.1, 0.15) is 42.6 Å². The van der Waals surface area contributed by atoms with E-state index >= 15 is 0 Å². The fourth-order valence-corrected chi connectivity index (χ4v) is 2.40. The number of carbonyl (C=O) groups is 1. The SMILES string of the molecule is COC(C(=O)Cc1ccc(C(C)C)cc1)c1ccccc1. The minimum absolute atomic E-state index is 0.0843. The Labute approximate surface area is 126 Å². The summed E-state index contributed by atoms with van der Waals surface area (Å²) in [7, 11) is 1.58. The lowest BCUT2D eigenvalue weighted by atomic mass is 9.97. The molecule has 0 saturated carbocycles. The van der Waals surface area contributed by atoms with Crippen molar-refractivity contribution in [2.75, 3.05) is 7.11 Å². The molecule has 0 aliphatic rings. The van der Waals surface area contributed by atoms with Gasteiger partial charge in [-0.25, -0.2) is 0 Å². The number of ether oxygens (including phenoxy) is 1. The van der Waals surface area contributed by atoms with Gasteiger partial charge in [-0.1, -0.05) is 68.4 Å². The first-order chi connectivity index (χ1) is 10.1. The third-order valence-electron chi connectivity index (χ3n) is 3.66. The maximum Gasteiger partial charge on any atom is 0.170 e. The summed E-state index contributed by atoms with van der Waals surface area (Å²) in [5, 5.41) is 0. The summed E-state index contributed by atoms with van der Waals surface area (Å²) in [6.45, 7) is 4.33. The van der Waals surface area contributed by atoms with Crippen molar-refractivity contribution in [3.05, 3.63) is 71.3 Å². The van der Waals surface area contributed by atoms with Gasteiger partial charge in [0.1, 0.15) is 6.10 Å². The highest BCUT2D eigenvalue weighted by Gasteiger charge is 2.19. The first kappa shape index (κ1) is 15.5. The van der Waals surface area contributed by atoms with Crippen molar-refractivity contribution in [2.24, 2.45) is 0 Å². The fourth-order valence-electron chi connectivity index (χ4n) is 2.40. The minimum Gasteiger partial charge on any atom is -0.369 e. The number of Topliss-reactive ketones (excluding diaryl/α,β-unsaturated/α-hetero) is 1. The topological polar surface area (TPSA) is 26.3 Å². The van der Waals surface area contributed by atoms with Crippen molar-refractivity contribution >= 4 is 5.78 Å². The Bertz CT molecular complexity index is 570. The second-order valence-electron chi connectivity index (χ2n) is 5.57. The third kappa shape index (κ3) is 4.02. The minimum atomic E-state index is -0.490. The molecule has 1 atom stereocenters. The molecule has 0 fully saturated rings. The molecule has 0 heterocycles. The number of ketones is 1. The predicted molar refractivity (Wildman–Crippen MR) is 85.4 cm³/mol. The van der Waals surface area contributed by atoms with Gasteiger partial charge in [0.15, 0.2) is 5.78 Å². The highest BCUT2D eigenvalue weighted by Crippen LogP contribution is 2.20. The van der Waals surface area contributed by atoms with E-state index in [9.17, 15) is 4.79 Å². The van der Waals surface area contributed by atoms with E-state index in [0.717, 1.165) is 11.1 Å². The Kier molecular flexibility index (Phi) is 5.29. The van der Waals surface area contributed by atoms with Gasteiger partial charge in [0, 0.05) is 13.5 Å². The van der Waals surface area contributed by atoms with Crippen molar-refractivity contribution < 1.29 is 9.53 Å². The average molecular weight is 282 g/mol. The molecule has 0 bridgehead atoms. The van der Waals surface area contributed by atoms with Gasteiger partial charge in [0.25, 0.3) is 0 Å². The van der Waals surface area contributed by atoms with E-state index in [1.807, 2.05) is 42.5 Å². The lowest BCUT2D eigenvalue weighted by molar-refractivity contribution is -0.128. The summed E-state index contributed by atoms with van der Waals surface area (Å²) in [6.07, 6.45) is -0.0952. The normalized spacial score (nSPS) is 12.4. The van der Waals surface area contributed by atoms with Crippen LogP contribution in [-0.2, 0) is 16.0 Å². The maximum atomic E-state index is 12.4. The van der Waals surface area contributed by atoms with E-state index in [4.69, 9.17) is 4.74 Å². The van der Waals surface area contributed by atoms with E-state index in [1.165, 1.54) is 5.56 Å². The van der Waals surface area contributed by atoms with E-state index < -0.39 is 6.10 Å². The molecule has 110 valence electrons. The molecule has 0 amide bonds. The van der Waals surface area contributed by atoms with Gasteiger partial charge in [0.2, 0.25) is 0 Å². The molecule has 0 aromatic heterocycles. The summed E-state index contributed by atoms with van der Waals surface area (Å²) in [5.41, 5.74) is 3.23. The Hall–Kier alpha value is -1.93. The van der Waals surface area contributed by atoms with Crippen molar-refractivity contribution in [3.8, 4) is 0 Å². The fraction of sp³-hybridized carbons (Fsp3) is 0.316. The molecule has 0 N–H and O–H groups in total. The summed E-state index contributed by atoms with van der Waals surface area (Å²) >= 11 is 0. The van der Waals surface area contributed by atoms with Crippen LogP contribution >= 0.6 is 0 Å². The van der Waals surface area contributed by atoms with Gasteiger partial charge in [-0.3, -0.25) is 4.79 Å². The zero-order chi connectivity index (χ0) is 15.2. The number of hydrogen-bond donors (Lipinski definition) is 0. The molecule has 2 aromatic rings. The second-order valence-corrected chi connectivity index (χ2v) is 5.57. The monoisotopic (exact) mass is 282 g/mol. The van der Waals surface area contributed by atoms with Crippen LogP contribution < -0.4 is 0 Å². The lowest BCUT2D eigenvalue weighted by Crippen LogP contribution is -2.16. The molecule has 1 unspecified atom stereocenters. The number of carbonyl (C=O) groups excluding carboxylic acids is 1. The van der Waals surface area contributed by atoms with Gasteiger partial charge >= 0.3 is 0 Å². The van der Waals surface area contributed by atoms with Crippen molar-refractivity contribution in [1.82, 2.24) is 0 Å². The Morgan fingerprint density at radius 1 is 0.952 bits per heavy atom. The van der Waals surface area contributed by atoms with Crippen molar-refractivity contribution in [3.63, 3.8) is 0 Å². The first-order valence-electron chi connectivity index (χ1n) is 7.31. The van der Waals surface area contributed by atoms with Gasteiger partial charge in [0.05, 0.1) is 0 Å². The number of hydrogen-bond acceptors (Lipinski definition) is 2. The standard InChI is InChI=1S/C19H22O2/c1-14(2)16-11-9-15(10-12-16)13-18(20)19(21-3)17-7-5-4-6-8-17/h4-12,14,19H,13H2,1-3H3. The smallest absolute Gasteiger partial charge is 0.170 e. The number of benzene rings is 2. The van der Waals surface area contributed by atoms with Gasteiger partial charge in [-0.05, 0) is 22.6 Å². The molecule has 2 rings (SSSR count). The van der Waals surface area contributed by atoms with Crippen LogP contribution in [0.5, 0.6) is 0 Å². The molecule has 2 nitrogen and oxygen atoms in total. The molecule has 21 heavy (non-hydrogen) atoms. The molecular weight excluding hydrogens is 260 g/mol. The van der Waals surface area contributed by atoms with E-state index in [2.05, 4.69) is 26.0 Å². The largest absolute Gasteiger partial charge is 0.369 e. The molecule has 0 aliphatic carbocycles. The van der Waals surface area contributed by atoms with Crippen LogP contribution in [0, 0.1) is 0 Å². The molecule has 0 spiro atoms. The second kappa shape index (κ2) is 7.19. The third-order valence-corrected chi connectivity index (χ3v) is 3.66. The molecular formula is C19H22O2. The highest BCUT2D eigenvalue weighted by molar-refractivity contribution is 5.86. The van der Waals surface area contributed by atoms with Gasteiger partial charge < -0.3 is 4.74 Å². The molecule has 2 aromatic carbocycles. The number of rotatable bonds is 6. The predicted octanol–water partition coefficient (Wildman–Crippen LogP) is 4.31. The average Bonchev–Trinajstić information content (AvgIpc) is 2.49. The van der Waals surface area contributed by atoms with E-state index in [-0.39, 0.29) is 5.78 Å².